The summed E-state index contributed by atoms with van der Waals surface area (Å²) < 4.78 is 1.67. The Morgan fingerprint density at radius 2 is 1.46 bits per heavy atom. The minimum atomic E-state index is -0.0758. The monoisotopic (exact) mass is 373 g/mol. The van der Waals surface area contributed by atoms with Crippen LogP contribution in [0.4, 0.5) is 5.69 Å². The summed E-state index contributed by atoms with van der Waals surface area (Å²) in [6, 6.07) is 10.1. The Hall–Kier alpha value is -3.00. The number of aromatic nitrogens is 4. The van der Waals surface area contributed by atoms with E-state index < -0.39 is 0 Å². The number of nitrogens with zero attached hydrogens (tertiary/aromatic N) is 5. The standard InChI is InChI=1S/C23H27N5/c1-22(2,3)18-13-19(23(4,5)6)26-21(25-18)16-11-9-10-15(12-16)20-17(24-7)14-28(8)27-20/h9-14H,1-6,8H3. The molecule has 0 fully saturated rings. The molecule has 0 amide bonds. The van der Waals surface area contributed by atoms with Crippen LogP contribution in [0.1, 0.15) is 52.9 Å². The lowest BCUT2D eigenvalue weighted by molar-refractivity contribution is 0.539. The van der Waals surface area contributed by atoms with E-state index in [0.717, 1.165) is 22.5 Å². The first-order valence-electron chi connectivity index (χ1n) is 9.41. The van der Waals surface area contributed by atoms with E-state index in [0.29, 0.717) is 17.2 Å². The van der Waals surface area contributed by atoms with Crippen molar-refractivity contribution in [1.29, 1.82) is 0 Å². The van der Waals surface area contributed by atoms with Crippen molar-refractivity contribution in [2.75, 3.05) is 0 Å². The molecule has 0 aliphatic heterocycles. The summed E-state index contributed by atoms with van der Waals surface area (Å²) in [4.78, 5) is 13.3. The fourth-order valence-electron chi connectivity index (χ4n) is 2.91. The van der Waals surface area contributed by atoms with Crippen molar-refractivity contribution < 1.29 is 0 Å². The Morgan fingerprint density at radius 3 is 2.00 bits per heavy atom. The summed E-state index contributed by atoms with van der Waals surface area (Å²) in [5.41, 5.74) is 4.94. The number of rotatable bonds is 2. The van der Waals surface area contributed by atoms with E-state index in [1.807, 2.05) is 31.3 Å². The lowest BCUT2D eigenvalue weighted by Crippen LogP contribution is -2.20. The molecule has 2 aromatic heterocycles. The summed E-state index contributed by atoms with van der Waals surface area (Å²) in [6.07, 6.45) is 1.74. The van der Waals surface area contributed by atoms with E-state index in [-0.39, 0.29) is 10.8 Å². The van der Waals surface area contributed by atoms with Crippen LogP contribution in [-0.2, 0) is 17.9 Å². The van der Waals surface area contributed by atoms with E-state index >= 15 is 0 Å². The molecule has 144 valence electrons. The number of benzene rings is 1. The second-order valence-electron chi connectivity index (χ2n) is 9.19. The second-order valence-corrected chi connectivity index (χ2v) is 9.19. The van der Waals surface area contributed by atoms with Crippen molar-refractivity contribution in [3.8, 4) is 22.6 Å². The Bertz CT molecular complexity index is 1020. The molecule has 0 unspecified atom stereocenters. The van der Waals surface area contributed by atoms with Gasteiger partial charge < -0.3 is 0 Å². The highest BCUT2D eigenvalue weighted by Gasteiger charge is 2.23. The Balaban J connectivity index is 2.18. The van der Waals surface area contributed by atoms with Crippen molar-refractivity contribution in [3.05, 3.63) is 59.3 Å². The molecule has 5 nitrogen and oxygen atoms in total. The third kappa shape index (κ3) is 3.96. The summed E-state index contributed by atoms with van der Waals surface area (Å²) in [7, 11) is 1.83. The smallest absolute Gasteiger partial charge is 0.232 e. The molecule has 3 aromatic rings. The maximum atomic E-state index is 7.41. The average Bonchev–Trinajstić information content (AvgIpc) is 3.01. The molecule has 5 heteroatoms. The Kier molecular flexibility index (Phi) is 4.84. The SMILES string of the molecule is [C-]#[N+]c1cn(C)nc1-c1cccc(-c2nc(C(C)(C)C)cc(C(C)(C)C)n2)c1. The molecule has 28 heavy (non-hydrogen) atoms. The zero-order chi connectivity index (χ0) is 20.7. The molecule has 1 aromatic carbocycles. The van der Waals surface area contributed by atoms with Gasteiger partial charge in [0.05, 0.1) is 23.7 Å². The fourth-order valence-corrected chi connectivity index (χ4v) is 2.91. The van der Waals surface area contributed by atoms with E-state index in [9.17, 15) is 0 Å². The van der Waals surface area contributed by atoms with Crippen LogP contribution in [0.3, 0.4) is 0 Å². The van der Waals surface area contributed by atoms with Gasteiger partial charge in [-0.1, -0.05) is 59.7 Å². The van der Waals surface area contributed by atoms with Crippen LogP contribution in [0.15, 0.2) is 36.5 Å². The minimum Gasteiger partial charge on any atom is -0.287 e. The average molecular weight is 374 g/mol. The van der Waals surface area contributed by atoms with Gasteiger partial charge in [-0.2, -0.15) is 5.10 Å². The van der Waals surface area contributed by atoms with E-state index in [4.69, 9.17) is 16.5 Å². The van der Waals surface area contributed by atoms with Gasteiger partial charge in [-0.3, -0.25) is 4.68 Å². The van der Waals surface area contributed by atoms with Gasteiger partial charge in [-0.05, 0) is 17.7 Å². The third-order valence-electron chi connectivity index (χ3n) is 4.59. The second kappa shape index (κ2) is 6.87. The summed E-state index contributed by atoms with van der Waals surface area (Å²) in [6.45, 7) is 20.4. The molecule has 2 heterocycles. The lowest BCUT2D eigenvalue weighted by atomic mass is 9.86. The molecule has 0 aliphatic rings. The molecule has 0 aliphatic carbocycles. The first kappa shape index (κ1) is 19.8. The van der Waals surface area contributed by atoms with Crippen LogP contribution in [0, 0.1) is 6.57 Å². The van der Waals surface area contributed by atoms with Gasteiger partial charge in [-0.15, -0.1) is 0 Å². The molecule has 0 bridgehead atoms. The van der Waals surface area contributed by atoms with Crippen LogP contribution >= 0.6 is 0 Å². The predicted molar refractivity (Wildman–Crippen MR) is 113 cm³/mol. The molecule has 0 atom stereocenters. The quantitative estimate of drug-likeness (QED) is 0.542. The van der Waals surface area contributed by atoms with Gasteiger partial charge in [-0.25, -0.2) is 14.8 Å². The first-order chi connectivity index (χ1) is 13.0. The highest BCUT2D eigenvalue weighted by molar-refractivity contribution is 5.77. The molecule has 0 radical (unpaired) electrons. The van der Waals surface area contributed by atoms with Gasteiger partial charge in [0.25, 0.3) is 0 Å². The van der Waals surface area contributed by atoms with Crippen LogP contribution < -0.4 is 0 Å². The first-order valence-corrected chi connectivity index (χ1v) is 9.41. The zero-order valence-electron chi connectivity index (χ0n) is 17.7. The van der Waals surface area contributed by atoms with Crippen molar-refractivity contribution >= 4 is 5.69 Å². The zero-order valence-corrected chi connectivity index (χ0v) is 17.7. The van der Waals surface area contributed by atoms with Gasteiger partial charge in [0, 0.05) is 29.6 Å². The van der Waals surface area contributed by atoms with Crippen LogP contribution in [0.25, 0.3) is 27.5 Å². The topological polar surface area (TPSA) is 48.0 Å². The third-order valence-corrected chi connectivity index (χ3v) is 4.59. The Morgan fingerprint density at radius 1 is 0.893 bits per heavy atom. The van der Waals surface area contributed by atoms with Crippen molar-refractivity contribution in [3.63, 3.8) is 0 Å². The van der Waals surface area contributed by atoms with Crippen molar-refractivity contribution in [1.82, 2.24) is 19.7 Å². The maximum Gasteiger partial charge on any atom is 0.232 e. The van der Waals surface area contributed by atoms with Gasteiger partial charge >= 0.3 is 0 Å². The van der Waals surface area contributed by atoms with Gasteiger partial charge in [0.15, 0.2) is 5.82 Å². The lowest BCUT2D eigenvalue weighted by Gasteiger charge is -2.24. The molecule has 0 N–H and O–H groups in total. The minimum absolute atomic E-state index is 0.0758. The summed E-state index contributed by atoms with van der Waals surface area (Å²) >= 11 is 0. The van der Waals surface area contributed by atoms with Crippen LogP contribution in [-0.4, -0.2) is 19.7 Å². The number of hydrogen-bond acceptors (Lipinski definition) is 3. The summed E-state index contributed by atoms with van der Waals surface area (Å²) in [5, 5.41) is 4.46. The normalized spacial score (nSPS) is 12.1. The maximum absolute atomic E-state index is 7.41. The van der Waals surface area contributed by atoms with Crippen LogP contribution in [0.2, 0.25) is 0 Å². The summed E-state index contributed by atoms with van der Waals surface area (Å²) in [5.74, 6) is 0.708. The molecule has 0 saturated heterocycles. The molecule has 3 rings (SSSR count). The van der Waals surface area contributed by atoms with Gasteiger partial charge in [0.2, 0.25) is 5.69 Å². The highest BCUT2D eigenvalue weighted by atomic mass is 15.3. The fraction of sp³-hybridized carbons (Fsp3) is 0.391. The number of hydrogen-bond donors (Lipinski definition) is 0. The van der Waals surface area contributed by atoms with Gasteiger partial charge in [0.1, 0.15) is 0 Å². The molecule has 0 saturated carbocycles. The van der Waals surface area contributed by atoms with Crippen LogP contribution in [0.5, 0.6) is 0 Å². The Labute approximate surface area is 167 Å². The largest absolute Gasteiger partial charge is 0.287 e. The molecular weight excluding hydrogens is 346 g/mol. The van der Waals surface area contributed by atoms with Crippen molar-refractivity contribution in [2.45, 2.75) is 52.4 Å². The van der Waals surface area contributed by atoms with Crippen molar-refractivity contribution in [2.24, 2.45) is 7.05 Å². The highest BCUT2D eigenvalue weighted by Crippen LogP contribution is 2.33. The van der Waals surface area contributed by atoms with E-state index in [1.165, 1.54) is 0 Å². The predicted octanol–water partition coefficient (Wildman–Crippen LogP) is 5.69. The van der Waals surface area contributed by atoms with E-state index in [2.05, 4.69) is 57.6 Å². The number of aryl methyl sites for hydroxylation is 1. The molecule has 0 spiro atoms. The molecular formula is C23H27N5. The van der Waals surface area contributed by atoms with E-state index in [1.54, 1.807) is 10.9 Å².